The summed E-state index contributed by atoms with van der Waals surface area (Å²) in [5, 5.41) is 0. The van der Waals surface area contributed by atoms with Crippen molar-refractivity contribution in [2.24, 2.45) is 0 Å². The lowest BCUT2D eigenvalue weighted by atomic mass is 10.1. The standard InChI is InChI=1S/C25H32N2O5/c1-4-5-6-14-32-24-16-21(10-11-22(24)30-2)27-13-7-12-26(25(27)29)17-20-9-8-19(18-28)15-23(20)31-3/h8-11,15-16,18H,4-7,12-14,17H2,1-3H3. The molecule has 2 aromatic rings. The third-order valence-electron chi connectivity index (χ3n) is 5.58. The number of anilines is 1. The van der Waals surface area contributed by atoms with E-state index in [9.17, 15) is 9.59 Å². The highest BCUT2D eigenvalue weighted by molar-refractivity contribution is 5.93. The van der Waals surface area contributed by atoms with E-state index in [2.05, 4.69) is 6.92 Å². The van der Waals surface area contributed by atoms with Crippen LogP contribution in [0.1, 0.15) is 48.5 Å². The van der Waals surface area contributed by atoms with Gasteiger partial charge < -0.3 is 19.1 Å². The lowest BCUT2D eigenvalue weighted by Gasteiger charge is -2.36. The van der Waals surface area contributed by atoms with Gasteiger partial charge in [0.15, 0.2) is 11.5 Å². The molecule has 0 bridgehead atoms. The Morgan fingerprint density at radius 2 is 1.78 bits per heavy atom. The zero-order valence-corrected chi connectivity index (χ0v) is 19.1. The zero-order valence-electron chi connectivity index (χ0n) is 19.1. The summed E-state index contributed by atoms with van der Waals surface area (Å²) in [6.07, 6.45) is 4.84. The molecule has 0 aliphatic carbocycles. The quantitative estimate of drug-likeness (QED) is 0.367. The zero-order chi connectivity index (χ0) is 22.9. The number of nitrogens with zero attached hydrogens (tertiary/aromatic N) is 2. The molecular formula is C25H32N2O5. The molecule has 7 nitrogen and oxygen atoms in total. The predicted molar refractivity (Wildman–Crippen MR) is 124 cm³/mol. The van der Waals surface area contributed by atoms with Crippen molar-refractivity contribution in [1.29, 1.82) is 0 Å². The fraction of sp³-hybridized carbons (Fsp3) is 0.440. The minimum Gasteiger partial charge on any atom is -0.496 e. The van der Waals surface area contributed by atoms with Gasteiger partial charge in [-0.2, -0.15) is 0 Å². The minimum atomic E-state index is -0.0696. The normalized spacial score (nSPS) is 13.8. The molecule has 0 spiro atoms. The fourth-order valence-electron chi connectivity index (χ4n) is 3.82. The molecule has 2 aromatic carbocycles. The topological polar surface area (TPSA) is 68.3 Å². The number of carbonyl (C=O) groups excluding carboxylic acids is 2. The Hall–Kier alpha value is -3.22. The molecule has 2 amide bonds. The minimum absolute atomic E-state index is 0.0696. The van der Waals surface area contributed by atoms with Crippen molar-refractivity contribution >= 4 is 18.0 Å². The molecule has 1 fully saturated rings. The van der Waals surface area contributed by atoms with Gasteiger partial charge in [-0.15, -0.1) is 0 Å². The van der Waals surface area contributed by atoms with Crippen molar-refractivity contribution in [2.75, 3.05) is 38.8 Å². The van der Waals surface area contributed by atoms with Gasteiger partial charge in [0.2, 0.25) is 0 Å². The Kier molecular flexibility index (Phi) is 8.36. The van der Waals surface area contributed by atoms with Crippen molar-refractivity contribution in [3.8, 4) is 17.2 Å². The number of urea groups is 1. The van der Waals surface area contributed by atoms with Gasteiger partial charge >= 0.3 is 6.03 Å². The van der Waals surface area contributed by atoms with E-state index in [1.807, 2.05) is 24.3 Å². The summed E-state index contributed by atoms with van der Waals surface area (Å²) in [6.45, 7) is 4.47. The number of carbonyl (C=O) groups is 2. The average molecular weight is 441 g/mol. The van der Waals surface area contributed by atoms with E-state index in [-0.39, 0.29) is 6.03 Å². The number of hydrogen-bond acceptors (Lipinski definition) is 5. The van der Waals surface area contributed by atoms with Gasteiger partial charge in [0.05, 0.1) is 27.4 Å². The van der Waals surface area contributed by atoms with Crippen molar-refractivity contribution < 1.29 is 23.8 Å². The Bertz CT molecular complexity index is 931. The van der Waals surface area contributed by atoms with Gasteiger partial charge in [0.25, 0.3) is 0 Å². The van der Waals surface area contributed by atoms with Gasteiger partial charge in [0, 0.05) is 36.0 Å². The SMILES string of the molecule is CCCCCOc1cc(N2CCCN(Cc3ccc(C=O)cc3OC)C2=O)ccc1OC. The van der Waals surface area contributed by atoms with E-state index in [1.165, 1.54) is 0 Å². The van der Waals surface area contributed by atoms with Crippen LogP contribution >= 0.6 is 0 Å². The maximum absolute atomic E-state index is 13.3. The van der Waals surface area contributed by atoms with E-state index >= 15 is 0 Å². The van der Waals surface area contributed by atoms with Crippen LogP contribution in [0.2, 0.25) is 0 Å². The molecule has 1 heterocycles. The van der Waals surface area contributed by atoms with Gasteiger partial charge in [-0.1, -0.05) is 31.9 Å². The van der Waals surface area contributed by atoms with Gasteiger partial charge in [0.1, 0.15) is 12.0 Å². The van der Waals surface area contributed by atoms with Crippen molar-refractivity contribution in [2.45, 2.75) is 39.2 Å². The van der Waals surface area contributed by atoms with Gasteiger partial charge in [-0.25, -0.2) is 4.79 Å². The number of amides is 2. The van der Waals surface area contributed by atoms with E-state index < -0.39 is 0 Å². The highest BCUT2D eigenvalue weighted by atomic mass is 16.5. The summed E-state index contributed by atoms with van der Waals surface area (Å²) in [4.78, 5) is 27.9. The first kappa shape index (κ1) is 23.4. The van der Waals surface area contributed by atoms with Crippen LogP contribution in [0, 0.1) is 0 Å². The van der Waals surface area contributed by atoms with Crippen LogP contribution in [0.4, 0.5) is 10.5 Å². The van der Waals surface area contributed by atoms with E-state index in [0.717, 1.165) is 43.2 Å². The lowest BCUT2D eigenvalue weighted by Crippen LogP contribution is -2.49. The molecule has 0 unspecified atom stereocenters. The number of methoxy groups -OCH3 is 2. The summed E-state index contributed by atoms with van der Waals surface area (Å²) in [5.74, 6) is 1.91. The first-order valence-electron chi connectivity index (χ1n) is 11.1. The second-order valence-electron chi connectivity index (χ2n) is 7.79. The third-order valence-corrected chi connectivity index (χ3v) is 5.58. The maximum atomic E-state index is 13.3. The number of hydrogen-bond donors (Lipinski definition) is 0. The molecule has 0 radical (unpaired) electrons. The molecule has 172 valence electrons. The molecule has 1 aliphatic rings. The largest absolute Gasteiger partial charge is 0.496 e. The van der Waals surface area contributed by atoms with Crippen LogP contribution < -0.4 is 19.1 Å². The Labute approximate surface area is 189 Å². The summed E-state index contributed by atoms with van der Waals surface area (Å²) in [5.41, 5.74) is 2.19. The predicted octanol–water partition coefficient (Wildman–Crippen LogP) is 4.92. The highest BCUT2D eigenvalue weighted by Crippen LogP contribution is 2.34. The van der Waals surface area contributed by atoms with Crippen LogP contribution in [-0.4, -0.2) is 51.1 Å². The first-order chi connectivity index (χ1) is 15.6. The Morgan fingerprint density at radius 3 is 2.50 bits per heavy atom. The van der Waals surface area contributed by atoms with Crippen LogP contribution in [0.5, 0.6) is 17.2 Å². The van der Waals surface area contributed by atoms with Crippen molar-refractivity contribution in [3.05, 3.63) is 47.5 Å². The third kappa shape index (κ3) is 5.52. The van der Waals surface area contributed by atoms with Crippen LogP contribution in [0.15, 0.2) is 36.4 Å². The van der Waals surface area contributed by atoms with Crippen LogP contribution in [-0.2, 0) is 6.54 Å². The fourth-order valence-corrected chi connectivity index (χ4v) is 3.82. The molecule has 0 saturated carbocycles. The molecule has 0 atom stereocenters. The number of rotatable bonds is 11. The molecule has 32 heavy (non-hydrogen) atoms. The molecule has 7 heteroatoms. The Balaban J connectivity index is 1.76. The summed E-state index contributed by atoms with van der Waals surface area (Å²) in [7, 11) is 3.18. The number of ether oxygens (including phenoxy) is 3. The van der Waals surface area contributed by atoms with E-state index in [0.29, 0.717) is 49.1 Å². The van der Waals surface area contributed by atoms with E-state index in [4.69, 9.17) is 14.2 Å². The number of aldehydes is 1. The average Bonchev–Trinajstić information content (AvgIpc) is 2.83. The second-order valence-corrected chi connectivity index (χ2v) is 7.79. The summed E-state index contributed by atoms with van der Waals surface area (Å²) >= 11 is 0. The number of unbranched alkanes of at least 4 members (excludes halogenated alkanes) is 2. The number of benzene rings is 2. The summed E-state index contributed by atoms with van der Waals surface area (Å²) in [6, 6.07) is 10.8. The van der Waals surface area contributed by atoms with Crippen LogP contribution in [0.3, 0.4) is 0 Å². The van der Waals surface area contributed by atoms with Gasteiger partial charge in [-0.05, 0) is 31.0 Å². The molecular weight excluding hydrogens is 408 g/mol. The highest BCUT2D eigenvalue weighted by Gasteiger charge is 2.28. The molecule has 1 aliphatic heterocycles. The molecule has 0 aromatic heterocycles. The first-order valence-corrected chi connectivity index (χ1v) is 11.1. The molecule has 1 saturated heterocycles. The maximum Gasteiger partial charge on any atom is 0.324 e. The molecule has 0 N–H and O–H groups in total. The van der Waals surface area contributed by atoms with Crippen molar-refractivity contribution in [3.63, 3.8) is 0 Å². The van der Waals surface area contributed by atoms with Gasteiger partial charge in [-0.3, -0.25) is 9.69 Å². The monoisotopic (exact) mass is 440 g/mol. The Morgan fingerprint density at radius 1 is 0.969 bits per heavy atom. The van der Waals surface area contributed by atoms with Crippen molar-refractivity contribution in [1.82, 2.24) is 4.90 Å². The lowest BCUT2D eigenvalue weighted by molar-refractivity contribution is 0.112. The molecule has 3 rings (SSSR count). The summed E-state index contributed by atoms with van der Waals surface area (Å²) < 4.78 is 16.8. The second kappa shape index (κ2) is 11.4. The smallest absolute Gasteiger partial charge is 0.324 e. The van der Waals surface area contributed by atoms with E-state index in [1.54, 1.807) is 36.2 Å². The van der Waals surface area contributed by atoms with Crippen LogP contribution in [0.25, 0.3) is 0 Å².